The van der Waals surface area contributed by atoms with Gasteiger partial charge in [-0.2, -0.15) is 0 Å². The molecule has 37 heavy (non-hydrogen) atoms. The van der Waals surface area contributed by atoms with Crippen LogP contribution in [-0.2, 0) is 6.42 Å². The Morgan fingerprint density at radius 3 is 2.73 bits per heavy atom. The number of halogens is 2. The van der Waals surface area contributed by atoms with Crippen LogP contribution in [0, 0.1) is 0 Å². The first-order valence-corrected chi connectivity index (χ1v) is 13.0. The summed E-state index contributed by atoms with van der Waals surface area (Å²) >= 11 is 15.4. The van der Waals surface area contributed by atoms with Gasteiger partial charge in [0.05, 0.1) is 27.7 Å². The van der Waals surface area contributed by atoms with Crippen LogP contribution in [0.1, 0.15) is 22.8 Å². The van der Waals surface area contributed by atoms with Crippen LogP contribution in [0.15, 0.2) is 75.6 Å². The SMILES string of the molecule is CCc1ccc2oc(-c3cc(NC(=S)NC(=O)c4cc5ccccc5c(Br)c4OC)ccc3Cl)nc2c1. The van der Waals surface area contributed by atoms with Crippen molar-refractivity contribution < 1.29 is 13.9 Å². The maximum atomic E-state index is 13.1. The van der Waals surface area contributed by atoms with Gasteiger partial charge in [0, 0.05) is 5.69 Å². The van der Waals surface area contributed by atoms with Gasteiger partial charge in [0.1, 0.15) is 11.3 Å². The van der Waals surface area contributed by atoms with E-state index in [0.717, 1.165) is 22.7 Å². The second kappa shape index (κ2) is 10.5. The monoisotopic (exact) mass is 593 g/mol. The quantitative estimate of drug-likeness (QED) is 0.203. The number of aromatic nitrogens is 1. The average Bonchev–Trinajstić information content (AvgIpc) is 3.32. The number of carbonyl (C=O) groups is 1. The summed E-state index contributed by atoms with van der Waals surface area (Å²) < 4.78 is 12.2. The first kappa shape index (κ1) is 25.2. The summed E-state index contributed by atoms with van der Waals surface area (Å²) in [5, 5.41) is 8.20. The topological polar surface area (TPSA) is 76.4 Å². The standard InChI is InChI=1S/C28H21BrClN3O3S/c1-3-15-8-11-23-22(12-15)32-27(36-23)19-14-17(9-10-21(19)30)31-28(37)33-26(34)20-13-16-6-4-5-7-18(16)24(29)25(20)35-2/h4-14H,3H2,1-2H3,(H2,31,33,34,37). The lowest BCUT2D eigenvalue weighted by atomic mass is 10.1. The highest BCUT2D eigenvalue weighted by Crippen LogP contribution is 2.37. The molecule has 0 spiro atoms. The third kappa shape index (κ3) is 5.05. The molecule has 1 amide bonds. The Hall–Kier alpha value is -3.46. The number of fused-ring (bicyclic) bond motifs is 2. The highest BCUT2D eigenvalue weighted by Gasteiger charge is 2.19. The van der Waals surface area contributed by atoms with Crippen LogP contribution in [0.4, 0.5) is 5.69 Å². The van der Waals surface area contributed by atoms with Crippen LogP contribution in [0.2, 0.25) is 5.02 Å². The fourth-order valence-electron chi connectivity index (χ4n) is 4.06. The molecule has 9 heteroatoms. The highest BCUT2D eigenvalue weighted by molar-refractivity contribution is 9.10. The summed E-state index contributed by atoms with van der Waals surface area (Å²) in [5.41, 5.74) is 4.20. The van der Waals surface area contributed by atoms with Crippen molar-refractivity contribution in [1.29, 1.82) is 0 Å². The third-order valence-electron chi connectivity index (χ3n) is 5.93. The van der Waals surface area contributed by atoms with Gasteiger partial charge >= 0.3 is 0 Å². The molecule has 5 aromatic rings. The molecule has 0 fully saturated rings. The van der Waals surface area contributed by atoms with Crippen molar-refractivity contribution in [1.82, 2.24) is 10.3 Å². The Morgan fingerprint density at radius 2 is 1.95 bits per heavy atom. The molecule has 0 unspecified atom stereocenters. The maximum absolute atomic E-state index is 13.1. The highest BCUT2D eigenvalue weighted by atomic mass is 79.9. The number of anilines is 1. The molecule has 2 N–H and O–H groups in total. The number of aryl methyl sites for hydroxylation is 1. The van der Waals surface area contributed by atoms with Gasteiger partial charge in [-0.1, -0.05) is 48.9 Å². The van der Waals surface area contributed by atoms with Gasteiger partial charge in [0.15, 0.2) is 10.7 Å². The normalized spacial score (nSPS) is 11.0. The summed E-state index contributed by atoms with van der Waals surface area (Å²) in [7, 11) is 1.52. The molecular formula is C28H21BrClN3O3S. The van der Waals surface area contributed by atoms with Gasteiger partial charge in [-0.05, 0) is 87.3 Å². The van der Waals surface area contributed by atoms with Crippen LogP contribution in [-0.4, -0.2) is 23.1 Å². The molecule has 0 bridgehead atoms. The van der Waals surface area contributed by atoms with E-state index in [9.17, 15) is 4.79 Å². The molecule has 0 aliphatic carbocycles. The lowest BCUT2D eigenvalue weighted by Gasteiger charge is -2.15. The summed E-state index contributed by atoms with van der Waals surface area (Å²) in [6.45, 7) is 2.09. The Morgan fingerprint density at radius 1 is 1.14 bits per heavy atom. The van der Waals surface area contributed by atoms with Crippen LogP contribution in [0.5, 0.6) is 5.75 Å². The van der Waals surface area contributed by atoms with E-state index in [0.29, 0.717) is 43.5 Å². The number of carbonyl (C=O) groups excluding carboxylic acids is 1. The fraction of sp³-hybridized carbons (Fsp3) is 0.107. The van der Waals surface area contributed by atoms with Crippen molar-refractivity contribution in [2.45, 2.75) is 13.3 Å². The molecule has 0 saturated carbocycles. The number of hydrogen-bond donors (Lipinski definition) is 2. The minimum atomic E-state index is -0.402. The van der Waals surface area contributed by atoms with E-state index in [4.69, 9.17) is 33.0 Å². The number of nitrogens with one attached hydrogen (secondary N) is 2. The lowest BCUT2D eigenvalue weighted by molar-refractivity contribution is 0.0975. The van der Waals surface area contributed by atoms with Crippen molar-refractivity contribution in [3.63, 3.8) is 0 Å². The molecule has 1 heterocycles. The smallest absolute Gasteiger partial charge is 0.261 e. The van der Waals surface area contributed by atoms with E-state index in [1.54, 1.807) is 24.3 Å². The van der Waals surface area contributed by atoms with Crippen LogP contribution < -0.4 is 15.4 Å². The molecule has 4 aromatic carbocycles. The lowest BCUT2D eigenvalue weighted by Crippen LogP contribution is -2.34. The van der Waals surface area contributed by atoms with Crippen LogP contribution in [0.25, 0.3) is 33.3 Å². The summed E-state index contributed by atoms with van der Waals surface area (Å²) in [6, 6.07) is 20.7. The molecule has 1 aromatic heterocycles. The Bertz CT molecular complexity index is 1680. The maximum Gasteiger partial charge on any atom is 0.261 e. The van der Waals surface area contributed by atoms with Gasteiger partial charge in [-0.3, -0.25) is 10.1 Å². The second-order valence-corrected chi connectivity index (χ2v) is 9.88. The molecule has 0 aliphatic rings. The number of rotatable bonds is 5. The van der Waals surface area contributed by atoms with E-state index < -0.39 is 5.91 Å². The molecule has 0 aliphatic heterocycles. The first-order valence-electron chi connectivity index (χ1n) is 11.4. The minimum absolute atomic E-state index is 0.120. The summed E-state index contributed by atoms with van der Waals surface area (Å²) in [6.07, 6.45) is 0.906. The molecule has 186 valence electrons. The van der Waals surface area contributed by atoms with Crippen molar-refractivity contribution in [2.24, 2.45) is 0 Å². The fourth-order valence-corrected chi connectivity index (χ4v) is 5.21. The zero-order valence-corrected chi connectivity index (χ0v) is 23.1. The molecule has 0 saturated heterocycles. The Labute approximate surface area is 232 Å². The van der Waals surface area contributed by atoms with E-state index in [2.05, 4.69) is 38.5 Å². The van der Waals surface area contributed by atoms with Crippen molar-refractivity contribution >= 4 is 78.3 Å². The number of benzene rings is 4. The molecule has 0 atom stereocenters. The van der Waals surface area contributed by atoms with Crippen molar-refractivity contribution in [3.05, 3.63) is 87.4 Å². The number of oxazole rings is 1. The van der Waals surface area contributed by atoms with Crippen LogP contribution in [0.3, 0.4) is 0 Å². The van der Waals surface area contributed by atoms with Crippen molar-refractivity contribution in [3.8, 4) is 17.2 Å². The van der Waals surface area contributed by atoms with E-state index in [1.807, 2.05) is 42.5 Å². The van der Waals surface area contributed by atoms with Gasteiger partial charge in [-0.15, -0.1) is 0 Å². The predicted octanol–water partition coefficient (Wildman–Crippen LogP) is 7.76. The van der Waals surface area contributed by atoms with E-state index in [-0.39, 0.29) is 5.11 Å². The van der Waals surface area contributed by atoms with E-state index >= 15 is 0 Å². The zero-order valence-electron chi connectivity index (χ0n) is 19.9. The van der Waals surface area contributed by atoms with Crippen molar-refractivity contribution in [2.75, 3.05) is 12.4 Å². The number of hydrogen-bond acceptors (Lipinski definition) is 5. The van der Waals surface area contributed by atoms with Gasteiger partial charge in [0.25, 0.3) is 5.91 Å². The number of thiocarbonyl (C=S) groups is 1. The third-order valence-corrected chi connectivity index (χ3v) is 7.25. The zero-order chi connectivity index (χ0) is 26.1. The summed E-state index contributed by atoms with van der Waals surface area (Å²) in [4.78, 5) is 17.7. The Kier molecular flexibility index (Phi) is 7.15. The van der Waals surface area contributed by atoms with Gasteiger partial charge in [0.2, 0.25) is 5.89 Å². The Balaban J connectivity index is 1.38. The second-order valence-electron chi connectivity index (χ2n) is 8.27. The molecule has 0 radical (unpaired) electrons. The summed E-state index contributed by atoms with van der Waals surface area (Å²) in [5.74, 6) is 0.424. The minimum Gasteiger partial charge on any atom is -0.495 e. The average molecular weight is 595 g/mol. The largest absolute Gasteiger partial charge is 0.495 e. The van der Waals surface area contributed by atoms with Gasteiger partial charge < -0.3 is 14.5 Å². The molecule has 6 nitrogen and oxygen atoms in total. The predicted molar refractivity (Wildman–Crippen MR) is 156 cm³/mol. The van der Waals surface area contributed by atoms with Gasteiger partial charge in [-0.25, -0.2) is 4.98 Å². The first-order chi connectivity index (χ1) is 17.9. The van der Waals surface area contributed by atoms with E-state index in [1.165, 1.54) is 12.7 Å². The number of ether oxygens (including phenoxy) is 1. The number of nitrogens with zero attached hydrogens (tertiary/aromatic N) is 1. The number of amides is 1. The number of methoxy groups -OCH3 is 1. The molecular weight excluding hydrogens is 574 g/mol. The van der Waals surface area contributed by atoms with Crippen LogP contribution >= 0.6 is 39.7 Å². The molecule has 5 rings (SSSR count).